The number of fused-ring (bicyclic) bond motifs is 1. The average Bonchev–Trinajstić information content (AvgIpc) is 2.47. The minimum absolute atomic E-state index is 0.0301. The number of nitrogen functional groups attached to an aromatic ring is 1. The van der Waals surface area contributed by atoms with Gasteiger partial charge in [-0.1, -0.05) is 0 Å². The van der Waals surface area contributed by atoms with E-state index in [1.165, 1.54) is 18.5 Å². The van der Waals surface area contributed by atoms with Gasteiger partial charge < -0.3 is 11.1 Å². The van der Waals surface area contributed by atoms with E-state index in [0.29, 0.717) is 28.2 Å². The molecule has 0 spiro atoms. The fourth-order valence-corrected chi connectivity index (χ4v) is 1.87. The molecule has 2 heterocycles. The summed E-state index contributed by atoms with van der Waals surface area (Å²) >= 11 is 0. The number of nitro groups is 1. The summed E-state index contributed by atoms with van der Waals surface area (Å²) in [7, 11) is 0. The first kappa shape index (κ1) is 12.7. The summed E-state index contributed by atoms with van der Waals surface area (Å²) in [4.78, 5) is 22.5. The van der Waals surface area contributed by atoms with E-state index < -0.39 is 4.92 Å². The van der Waals surface area contributed by atoms with E-state index in [1.54, 1.807) is 24.4 Å². The van der Waals surface area contributed by atoms with Crippen LogP contribution in [0.1, 0.15) is 0 Å². The summed E-state index contributed by atoms with van der Waals surface area (Å²) in [6.45, 7) is 0. The Bertz CT molecular complexity index is 819. The lowest BCUT2D eigenvalue weighted by Crippen LogP contribution is -1.98. The average molecular weight is 282 g/mol. The van der Waals surface area contributed by atoms with E-state index in [2.05, 4.69) is 20.3 Å². The lowest BCUT2D eigenvalue weighted by atomic mass is 10.2. The first-order chi connectivity index (χ1) is 10.1. The third-order valence-corrected chi connectivity index (χ3v) is 2.88. The van der Waals surface area contributed by atoms with Crippen LogP contribution in [0.2, 0.25) is 0 Å². The molecule has 8 heteroatoms. The molecule has 0 aliphatic heterocycles. The topological polar surface area (TPSA) is 120 Å². The number of aromatic nitrogens is 3. The smallest absolute Gasteiger partial charge is 0.269 e. The second-order valence-corrected chi connectivity index (χ2v) is 4.28. The number of nitro benzene ring substituents is 1. The Kier molecular flexibility index (Phi) is 3.03. The zero-order valence-electron chi connectivity index (χ0n) is 10.7. The van der Waals surface area contributed by atoms with Crippen molar-refractivity contribution in [2.45, 2.75) is 0 Å². The maximum Gasteiger partial charge on any atom is 0.269 e. The van der Waals surface area contributed by atoms with Crippen molar-refractivity contribution in [3.63, 3.8) is 0 Å². The summed E-state index contributed by atoms with van der Waals surface area (Å²) in [5.41, 5.74) is 6.99. The zero-order valence-corrected chi connectivity index (χ0v) is 10.7. The van der Waals surface area contributed by atoms with Crippen molar-refractivity contribution in [2.24, 2.45) is 0 Å². The van der Waals surface area contributed by atoms with Gasteiger partial charge >= 0.3 is 0 Å². The predicted molar refractivity (Wildman–Crippen MR) is 78.1 cm³/mol. The molecule has 0 fully saturated rings. The number of non-ortho nitro benzene ring substituents is 1. The van der Waals surface area contributed by atoms with Gasteiger partial charge in [0.2, 0.25) is 0 Å². The van der Waals surface area contributed by atoms with Gasteiger partial charge in [0, 0.05) is 30.1 Å². The van der Waals surface area contributed by atoms with Crippen molar-refractivity contribution < 1.29 is 4.92 Å². The van der Waals surface area contributed by atoms with E-state index in [4.69, 9.17) is 5.73 Å². The van der Waals surface area contributed by atoms with E-state index in [0.717, 1.165) is 0 Å². The summed E-state index contributed by atoms with van der Waals surface area (Å²) < 4.78 is 0. The molecule has 0 amide bonds. The van der Waals surface area contributed by atoms with Gasteiger partial charge in [-0.05, 0) is 12.1 Å². The molecule has 0 aliphatic carbocycles. The maximum atomic E-state index is 10.6. The van der Waals surface area contributed by atoms with Gasteiger partial charge in [0.25, 0.3) is 5.69 Å². The number of hydrogen-bond acceptors (Lipinski definition) is 7. The highest BCUT2D eigenvalue weighted by Gasteiger charge is 2.07. The third kappa shape index (κ3) is 2.54. The number of nitrogens with zero attached hydrogens (tertiary/aromatic N) is 4. The van der Waals surface area contributed by atoms with Crippen LogP contribution in [0.5, 0.6) is 0 Å². The standard InChI is InChI=1S/C13H10N6O2/c14-12-5-11-10(6-15-12)13(17-7-16-11)18-8-1-3-9(4-2-8)19(20)21/h1-7H,(H2,14,15)(H,16,17,18). The fraction of sp³-hybridized carbons (Fsp3) is 0. The van der Waals surface area contributed by atoms with Crippen LogP contribution in [-0.4, -0.2) is 19.9 Å². The summed E-state index contributed by atoms with van der Waals surface area (Å²) in [5, 5.41) is 14.4. The van der Waals surface area contributed by atoms with Gasteiger partial charge in [0.1, 0.15) is 18.0 Å². The number of pyridine rings is 1. The van der Waals surface area contributed by atoms with Crippen molar-refractivity contribution in [3.05, 3.63) is 53.0 Å². The molecule has 0 atom stereocenters. The predicted octanol–water partition coefficient (Wildman–Crippen LogP) is 2.26. The van der Waals surface area contributed by atoms with E-state index in [9.17, 15) is 10.1 Å². The molecule has 0 radical (unpaired) electrons. The Morgan fingerprint density at radius 3 is 2.62 bits per heavy atom. The Hall–Kier alpha value is -3.29. The van der Waals surface area contributed by atoms with Gasteiger partial charge in [0.05, 0.1) is 15.8 Å². The van der Waals surface area contributed by atoms with Crippen LogP contribution >= 0.6 is 0 Å². The second kappa shape index (κ2) is 5.00. The van der Waals surface area contributed by atoms with Crippen LogP contribution in [0, 0.1) is 10.1 Å². The first-order valence-electron chi connectivity index (χ1n) is 6.01. The Balaban J connectivity index is 1.96. The lowest BCUT2D eigenvalue weighted by Gasteiger charge is -2.08. The highest BCUT2D eigenvalue weighted by molar-refractivity contribution is 5.90. The largest absolute Gasteiger partial charge is 0.384 e. The molecule has 0 aliphatic rings. The minimum Gasteiger partial charge on any atom is -0.384 e. The first-order valence-corrected chi connectivity index (χ1v) is 6.01. The normalized spacial score (nSPS) is 10.5. The van der Waals surface area contributed by atoms with Crippen LogP contribution in [0.4, 0.5) is 23.0 Å². The molecule has 0 saturated heterocycles. The number of nitrogens with one attached hydrogen (secondary N) is 1. The van der Waals surface area contributed by atoms with Gasteiger partial charge in [-0.2, -0.15) is 0 Å². The third-order valence-electron chi connectivity index (χ3n) is 2.88. The van der Waals surface area contributed by atoms with Gasteiger partial charge in [0.15, 0.2) is 0 Å². The van der Waals surface area contributed by atoms with E-state index >= 15 is 0 Å². The SMILES string of the molecule is Nc1cc2ncnc(Nc3ccc([N+](=O)[O-])cc3)c2cn1. The summed E-state index contributed by atoms with van der Waals surface area (Å²) in [6.07, 6.45) is 2.99. The summed E-state index contributed by atoms with van der Waals surface area (Å²) in [6, 6.07) is 7.70. The molecule has 2 aromatic heterocycles. The highest BCUT2D eigenvalue weighted by Crippen LogP contribution is 2.24. The summed E-state index contributed by atoms with van der Waals surface area (Å²) in [5.74, 6) is 0.934. The Morgan fingerprint density at radius 2 is 1.90 bits per heavy atom. The molecule has 8 nitrogen and oxygen atoms in total. The lowest BCUT2D eigenvalue weighted by molar-refractivity contribution is -0.384. The van der Waals surface area contributed by atoms with Crippen LogP contribution < -0.4 is 11.1 Å². The molecule has 3 rings (SSSR count). The molecule has 0 saturated carbocycles. The quantitative estimate of drug-likeness (QED) is 0.558. The molecule has 1 aromatic carbocycles. The minimum atomic E-state index is -0.448. The number of anilines is 3. The van der Waals surface area contributed by atoms with Crippen molar-refractivity contribution >= 4 is 33.9 Å². The zero-order chi connectivity index (χ0) is 14.8. The molecule has 0 bridgehead atoms. The van der Waals surface area contributed by atoms with Crippen LogP contribution in [0.3, 0.4) is 0 Å². The molecule has 3 N–H and O–H groups in total. The number of nitrogens with two attached hydrogens (primary N) is 1. The fourth-order valence-electron chi connectivity index (χ4n) is 1.87. The van der Waals surface area contributed by atoms with Crippen molar-refractivity contribution in [1.29, 1.82) is 0 Å². The van der Waals surface area contributed by atoms with Crippen LogP contribution in [0.25, 0.3) is 10.9 Å². The van der Waals surface area contributed by atoms with Crippen molar-refractivity contribution in [3.8, 4) is 0 Å². The molecule has 104 valence electrons. The van der Waals surface area contributed by atoms with E-state index in [1.807, 2.05) is 0 Å². The van der Waals surface area contributed by atoms with E-state index in [-0.39, 0.29) is 5.69 Å². The molecule has 3 aromatic rings. The highest BCUT2D eigenvalue weighted by atomic mass is 16.6. The van der Waals surface area contributed by atoms with Crippen molar-refractivity contribution in [2.75, 3.05) is 11.1 Å². The van der Waals surface area contributed by atoms with Crippen LogP contribution in [-0.2, 0) is 0 Å². The number of rotatable bonds is 3. The Morgan fingerprint density at radius 1 is 1.14 bits per heavy atom. The van der Waals surface area contributed by atoms with Gasteiger partial charge in [-0.25, -0.2) is 15.0 Å². The monoisotopic (exact) mass is 282 g/mol. The maximum absolute atomic E-state index is 10.6. The van der Waals surface area contributed by atoms with Gasteiger partial charge in [-0.15, -0.1) is 0 Å². The molecular formula is C13H10N6O2. The Labute approximate surface area is 118 Å². The second-order valence-electron chi connectivity index (χ2n) is 4.28. The van der Waals surface area contributed by atoms with Gasteiger partial charge in [-0.3, -0.25) is 10.1 Å². The van der Waals surface area contributed by atoms with Crippen molar-refractivity contribution in [1.82, 2.24) is 15.0 Å². The van der Waals surface area contributed by atoms with Crippen LogP contribution in [0.15, 0.2) is 42.9 Å². The molecule has 21 heavy (non-hydrogen) atoms. The number of benzene rings is 1. The molecular weight excluding hydrogens is 272 g/mol. The number of hydrogen-bond donors (Lipinski definition) is 2. The molecule has 0 unspecified atom stereocenters.